The molecule has 1 aliphatic rings. The lowest BCUT2D eigenvalue weighted by molar-refractivity contribution is 0.567. The zero-order valence-electron chi connectivity index (χ0n) is 9.12. The lowest BCUT2D eigenvalue weighted by Crippen LogP contribution is -2.31. The van der Waals surface area contributed by atoms with Gasteiger partial charge in [-0.2, -0.15) is 0 Å². The van der Waals surface area contributed by atoms with Crippen LogP contribution in [0.3, 0.4) is 0 Å². The number of nitrogens with one attached hydrogen (secondary N) is 1. The van der Waals surface area contributed by atoms with Crippen molar-refractivity contribution in [1.29, 1.82) is 0 Å². The Morgan fingerprint density at radius 1 is 1.40 bits per heavy atom. The van der Waals surface area contributed by atoms with Crippen LogP contribution in [0.25, 0.3) is 0 Å². The molecule has 2 rings (SSSR count). The maximum atomic E-state index is 5.16. The number of aryl methyl sites for hydroxylation is 1. The highest BCUT2D eigenvalue weighted by Crippen LogP contribution is 2.15. The molecule has 0 bridgehead atoms. The van der Waals surface area contributed by atoms with E-state index in [0.717, 1.165) is 25.5 Å². The van der Waals surface area contributed by atoms with Crippen molar-refractivity contribution >= 4 is 18.2 Å². The second kappa shape index (κ2) is 4.75. The normalized spacial score (nSPS) is 16.7. The zero-order valence-corrected chi connectivity index (χ0v) is 9.94. The van der Waals surface area contributed by atoms with E-state index in [2.05, 4.69) is 21.8 Å². The van der Waals surface area contributed by atoms with Gasteiger partial charge < -0.3 is 9.88 Å². The molecule has 0 radical (unpaired) electrons. The number of hydrogen-bond acceptors (Lipinski definition) is 3. The molecule has 0 amide bonds. The van der Waals surface area contributed by atoms with Gasteiger partial charge in [-0.1, -0.05) is 19.1 Å². The van der Waals surface area contributed by atoms with Crippen LogP contribution in [0, 0.1) is 4.64 Å². The molecule has 0 spiro atoms. The number of aromatic amines is 1. The van der Waals surface area contributed by atoms with Crippen molar-refractivity contribution in [3.63, 3.8) is 0 Å². The average molecular weight is 223 g/mol. The minimum atomic E-state index is 0.700. The predicted octanol–water partition coefficient (Wildman–Crippen LogP) is 2.69. The number of piperidine rings is 1. The molecule has 0 aliphatic carbocycles. The van der Waals surface area contributed by atoms with E-state index in [-0.39, 0.29) is 0 Å². The van der Waals surface area contributed by atoms with Crippen molar-refractivity contribution in [1.82, 2.24) is 9.97 Å². The highest BCUT2D eigenvalue weighted by molar-refractivity contribution is 7.71. The van der Waals surface area contributed by atoms with Crippen LogP contribution < -0.4 is 4.90 Å². The molecule has 1 aliphatic heterocycles. The summed E-state index contributed by atoms with van der Waals surface area (Å²) in [7, 11) is 0. The SMILES string of the molecule is CCc1cc(=S)nc(N2CCCCC2)[nH]1. The van der Waals surface area contributed by atoms with Crippen LogP contribution in [0.1, 0.15) is 31.9 Å². The van der Waals surface area contributed by atoms with Gasteiger partial charge in [0.2, 0.25) is 5.95 Å². The van der Waals surface area contributed by atoms with E-state index in [9.17, 15) is 0 Å². The fraction of sp³-hybridized carbons (Fsp3) is 0.636. The Morgan fingerprint density at radius 2 is 2.13 bits per heavy atom. The predicted molar refractivity (Wildman–Crippen MR) is 64.9 cm³/mol. The number of hydrogen-bond donors (Lipinski definition) is 1. The maximum Gasteiger partial charge on any atom is 0.204 e. The second-order valence-corrected chi connectivity index (χ2v) is 4.39. The van der Waals surface area contributed by atoms with Crippen molar-refractivity contribution in [3.05, 3.63) is 16.4 Å². The first-order chi connectivity index (χ1) is 7.29. The summed E-state index contributed by atoms with van der Waals surface area (Å²) in [5, 5.41) is 0. The lowest BCUT2D eigenvalue weighted by atomic mass is 10.1. The van der Waals surface area contributed by atoms with Gasteiger partial charge in [-0.25, -0.2) is 4.98 Å². The monoisotopic (exact) mass is 223 g/mol. The fourth-order valence-electron chi connectivity index (χ4n) is 1.94. The van der Waals surface area contributed by atoms with Crippen LogP contribution in [0.15, 0.2) is 6.07 Å². The van der Waals surface area contributed by atoms with Gasteiger partial charge in [-0.15, -0.1) is 0 Å². The molecule has 0 aromatic carbocycles. The number of nitrogens with zero attached hydrogens (tertiary/aromatic N) is 2. The lowest BCUT2D eigenvalue weighted by Gasteiger charge is -2.27. The van der Waals surface area contributed by atoms with E-state index in [1.807, 2.05) is 6.07 Å². The molecule has 1 saturated heterocycles. The van der Waals surface area contributed by atoms with Gasteiger partial charge in [0.15, 0.2) is 0 Å². The van der Waals surface area contributed by atoms with Gasteiger partial charge in [-0.05, 0) is 31.7 Å². The highest BCUT2D eigenvalue weighted by atomic mass is 32.1. The minimum absolute atomic E-state index is 0.700. The molecule has 82 valence electrons. The van der Waals surface area contributed by atoms with E-state index < -0.39 is 0 Å². The van der Waals surface area contributed by atoms with Gasteiger partial charge in [-0.3, -0.25) is 0 Å². The Bertz CT molecular complexity index is 380. The molecule has 1 aromatic rings. The van der Waals surface area contributed by atoms with Crippen molar-refractivity contribution < 1.29 is 0 Å². The maximum absolute atomic E-state index is 5.16. The van der Waals surface area contributed by atoms with E-state index in [1.54, 1.807) is 0 Å². The third kappa shape index (κ3) is 2.56. The quantitative estimate of drug-likeness (QED) is 0.782. The van der Waals surface area contributed by atoms with Gasteiger partial charge in [0.25, 0.3) is 0 Å². The summed E-state index contributed by atoms with van der Waals surface area (Å²) in [4.78, 5) is 10.0. The molecule has 2 heterocycles. The molecule has 0 atom stereocenters. The smallest absolute Gasteiger partial charge is 0.204 e. The average Bonchev–Trinajstić information content (AvgIpc) is 2.29. The largest absolute Gasteiger partial charge is 0.342 e. The Hall–Kier alpha value is -0.900. The van der Waals surface area contributed by atoms with Gasteiger partial charge >= 0.3 is 0 Å². The third-order valence-corrected chi connectivity index (χ3v) is 3.03. The number of anilines is 1. The molecule has 1 fully saturated rings. The summed E-state index contributed by atoms with van der Waals surface area (Å²) in [6.07, 6.45) is 4.84. The topological polar surface area (TPSA) is 31.9 Å². The third-order valence-electron chi connectivity index (χ3n) is 2.82. The Kier molecular flexibility index (Phi) is 3.36. The van der Waals surface area contributed by atoms with Gasteiger partial charge in [0, 0.05) is 18.8 Å². The van der Waals surface area contributed by atoms with Crippen LogP contribution >= 0.6 is 12.2 Å². The minimum Gasteiger partial charge on any atom is -0.342 e. The Balaban J connectivity index is 2.26. The summed E-state index contributed by atoms with van der Waals surface area (Å²) >= 11 is 5.16. The molecular weight excluding hydrogens is 206 g/mol. The molecule has 4 heteroatoms. The van der Waals surface area contributed by atoms with Crippen LogP contribution in [0.4, 0.5) is 5.95 Å². The number of H-pyrrole nitrogens is 1. The van der Waals surface area contributed by atoms with Gasteiger partial charge in [0.05, 0.1) is 0 Å². The van der Waals surface area contributed by atoms with Crippen LogP contribution in [0.2, 0.25) is 0 Å². The van der Waals surface area contributed by atoms with Crippen molar-refractivity contribution in [2.75, 3.05) is 18.0 Å². The standard InChI is InChI=1S/C11H17N3S/c1-2-9-8-10(15)13-11(12-9)14-6-4-3-5-7-14/h8H,2-7H2,1H3,(H,12,13,15). The molecule has 3 nitrogen and oxygen atoms in total. The van der Waals surface area contributed by atoms with Crippen molar-refractivity contribution in [2.24, 2.45) is 0 Å². The summed E-state index contributed by atoms with van der Waals surface area (Å²) in [5.41, 5.74) is 1.18. The molecule has 0 saturated carbocycles. The zero-order chi connectivity index (χ0) is 10.7. The van der Waals surface area contributed by atoms with E-state index >= 15 is 0 Å². The van der Waals surface area contributed by atoms with Crippen molar-refractivity contribution in [3.8, 4) is 0 Å². The summed E-state index contributed by atoms with van der Waals surface area (Å²) < 4.78 is 0.700. The van der Waals surface area contributed by atoms with E-state index in [1.165, 1.54) is 25.0 Å². The first-order valence-electron chi connectivity index (χ1n) is 5.65. The number of rotatable bonds is 2. The Labute approximate surface area is 95.5 Å². The van der Waals surface area contributed by atoms with Crippen LogP contribution in [-0.2, 0) is 6.42 Å². The van der Waals surface area contributed by atoms with E-state index in [4.69, 9.17) is 12.2 Å². The number of aromatic nitrogens is 2. The Morgan fingerprint density at radius 3 is 2.80 bits per heavy atom. The summed E-state index contributed by atoms with van der Waals surface area (Å²) in [5.74, 6) is 0.957. The summed E-state index contributed by atoms with van der Waals surface area (Å²) in [6.45, 7) is 4.33. The van der Waals surface area contributed by atoms with E-state index in [0.29, 0.717) is 4.64 Å². The molecule has 15 heavy (non-hydrogen) atoms. The molecule has 0 unspecified atom stereocenters. The van der Waals surface area contributed by atoms with Crippen molar-refractivity contribution in [2.45, 2.75) is 32.6 Å². The molecular formula is C11H17N3S. The second-order valence-electron chi connectivity index (χ2n) is 3.97. The highest BCUT2D eigenvalue weighted by Gasteiger charge is 2.12. The summed E-state index contributed by atoms with van der Waals surface area (Å²) in [6, 6.07) is 1.95. The molecule has 1 aromatic heterocycles. The molecule has 1 N–H and O–H groups in total. The van der Waals surface area contributed by atoms with Crippen LogP contribution in [0.5, 0.6) is 0 Å². The fourth-order valence-corrected chi connectivity index (χ4v) is 2.17. The first-order valence-corrected chi connectivity index (χ1v) is 6.05. The first kappa shape index (κ1) is 10.6. The van der Waals surface area contributed by atoms with Gasteiger partial charge in [0.1, 0.15) is 4.64 Å². The van der Waals surface area contributed by atoms with Crippen LogP contribution in [-0.4, -0.2) is 23.1 Å².